The van der Waals surface area contributed by atoms with Gasteiger partial charge in [-0.3, -0.25) is 0 Å². The van der Waals surface area contributed by atoms with E-state index in [4.69, 9.17) is 4.74 Å². The Kier molecular flexibility index (Phi) is 2.68. The number of para-hydroxylation sites is 1. The highest BCUT2D eigenvalue weighted by atomic mass is 16.5. The van der Waals surface area contributed by atoms with Crippen molar-refractivity contribution >= 4 is 0 Å². The lowest BCUT2D eigenvalue weighted by atomic mass is 10.0. The minimum Gasteiger partial charge on any atom is -0.508 e. The van der Waals surface area contributed by atoms with Gasteiger partial charge in [0.1, 0.15) is 5.75 Å². The topological polar surface area (TPSA) is 49.7 Å². The fraction of sp³-hybridized carbons (Fsp3) is 0.0769. The summed E-state index contributed by atoms with van der Waals surface area (Å²) in [5.41, 5.74) is 1.38. The zero-order valence-electron chi connectivity index (χ0n) is 8.84. The lowest BCUT2D eigenvalue weighted by Gasteiger charge is -2.08. The van der Waals surface area contributed by atoms with Crippen LogP contribution in [0.2, 0.25) is 0 Å². The Balaban J connectivity index is 2.56. The Labute approximate surface area is 93.6 Å². The van der Waals surface area contributed by atoms with E-state index in [9.17, 15) is 10.2 Å². The molecule has 0 atom stereocenters. The molecule has 0 amide bonds. The van der Waals surface area contributed by atoms with E-state index in [1.165, 1.54) is 7.11 Å². The van der Waals surface area contributed by atoms with Gasteiger partial charge >= 0.3 is 0 Å². The molecule has 2 rings (SSSR count). The van der Waals surface area contributed by atoms with Gasteiger partial charge < -0.3 is 14.9 Å². The number of hydrogen-bond acceptors (Lipinski definition) is 3. The van der Waals surface area contributed by atoms with Gasteiger partial charge in [0.05, 0.1) is 7.11 Å². The van der Waals surface area contributed by atoms with Gasteiger partial charge in [-0.05, 0) is 23.8 Å². The van der Waals surface area contributed by atoms with Crippen molar-refractivity contribution in [2.45, 2.75) is 0 Å². The fourth-order valence-electron chi connectivity index (χ4n) is 1.59. The molecule has 0 heterocycles. The quantitative estimate of drug-likeness (QED) is 0.811. The maximum Gasteiger partial charge on any atom is 0.165 e. The molecular formula is C13H12O3. The molecule has 82 valence electrons. The average molecular weight is 216 g/mol. The highest BCUT2D eigenvalue weighted by Crippen LogP contribution is 2.37. The third kappa shape index (κ3) is 1.80. The van der Waals surface area contributed by atoms with Gasteiger partial charge in [0.25, 0.3) is 0 Å². The Morgan fingerprint density at radius 3 is 2.44 bits per heavy atom. The van der Waals surface area contributed by atoms with Crippen molar-refractivity contribution in [1.29, 1.82) is 0 Å². The minimum absolute atomic E-state index is 0.0793. The summed E-state index contributed by atoms with van der Waals surface area (Å²) in [4.78, 5) is 0. The summed E-state index contributed by atoms with van der Waals surface area (Å²) in [6, 6.07) is 12.0. The first-order chi connectivity index (χ1) is 7.72. The number of ether oxygens (including phenoxy) is 1. The third-order valence-corrected chi connectivity index (χ3v) is 2.38. The van der Waals surface area contributed by atoms with E-state index in [1.807, 2.05) is 6.07 Å². The van der Waals surface area contributed by atoms with Gasteiger partial charge in [0.2, 0.25) is 0 Å². The molecule has 0 spiro atoms. The van der Waals surface area contributed by atoms with Gasteiger partial charge in [0.15, 0.2) is 11.5 Å². The first-order valence-corrected chi connectivity index (χ1v) is 4.87. The first-order valence-electron chi connectivity index (χ1n) is 4.87. The Morgan fingerprint density at radius 1 is 1.00 bits per heavy atom. The Morgan fingerprint density at radius 2 is 1.75 bits per heavy atom. The van der Waals surface area contributed by atoms with Crippen molar-refractivity contribution in [3.8, 4) is 28.4 Å². The zero-order chi connectivity index (χ0) is 11.5. The molecule has 3 nitrogen and oxygen atoms in total. The highest BCUT2D eigenvalue weighted by Gasteiger charge is 2.09. The largest absolute Gasteiger partial charge is 0.508 e. The lowest BCUT2D eigenvalue weighted by molar-refractivity contribution is 0.374. The predicted molar refractivity (Wildman–Crippen MR) is 61.8 cm³/mol. The van der Waals surface area contributed by atoms with Crippen LogP contribution in [0.15, 0.2) is 42.5 Å². The average Bonchev–Trinajstić information content (AvgIpc) is 2.29. The molecule has 0 aliphatic heterocycles. The number of rotatable bonds is 2. The molecule has 0 aromatic heterocycles. The van der Waals surface area contributed by atoms with Gasteiger partial charge in [-0.2, -0.15) is 0 Å². The molecule has 2 aromatic rings. The molecule has 2 N–H and O–H groups in total. The number of phenolic OH excluding ortho intramolecular Hbond substituents is 2. The highest BCUT2D eigenvalue weighted by molar-refractivity contribution is 5.74. The van der Waals surface area contributed by atoms with Crippen LogP contribution < -0.4 is 4.74 Å². The first kappa shape index (κ1) is 10.4. The van der Waals surface area contributed by atoms with Crippen molar-refractivity contribution in [1.82, 2.24) is 0 Å². The van der Waals surface area contributed by atoms with E-state index >= 15 is 0 Å². The van der Waals surface area contributed by atoms with E-state index in [2.05, 4.69) is 0 Å². The van der Waals surface area contributed by atoms with Crippen LogP contribution in [0.5, 0.6) is 17.2 Å². The van der Waals surface area contributed by atoms with Crippen LogP contribution in [-0.2, 0) is 0 Å². The predicted octanol–water partition coefficient (Wildman–Crippen LogP) is 2.77. The molecular weight excluding hydrogens is 204 g/mol. The van der Waals surface area contributed by atoms with Crippen molar-refractivity contribution < 1.29 is 14.9 Å². The van der Waals surface area contributed by atoms with Crippen molar-refractivity contribution in [2.24, 2.45) is 0 Å². The van der Waals surface area contributed by atoms with Crippen molar-refractivity contribution in [3.63, 3.8) is 0 Å². The zero-order valence-corrected chi connectivity index (χ0v) is 8.84. The summed E-state index contributed by atoms with van der Waals surface area (Å²) < 4.78 is 5.02. The number of phenols is 2. The molecule has 0 aliphatic carbocycles. The van der Waals surface area contributed by atoms with Gasteiger partial charge in [0, 0.05) is 5.56 Å². The number of hydrogen-bond donors (Lipinski definition) is 2. The minimum atomic E-state index is 0.0793. The molecule has 0 saturated carbocycles. The Bertz CT molecular complexity index is 506. The van der Waals surface area contributed by atoms with E-state index < -0.39 is 0 Å². The smallest absolute Gasteiger partial charge is 0.165 e. The van der Waals surface area contributed by atoms with Crippen LogP contribution in [0, 0.1) is 0 Å². The van der Waals surface area contributed by atoms with Crippen molar-refractivity contribution in [3.05, 3.63) is 42.5 Å². The second-order valence-electron chi connectivity index (χ2n) is 3.41. The van der Waals surface area contributed by atoms with Gasteiger partial charge in [-0.25, -0.2) is 0 Å². The standard InChI is InChI=1S/C13H12O3/c1-16-12-7-3-6-11(13(12)15)9-4-2-5-10(14)8-9/h2-8,14-15H,1H3. The van der Waals surface area contributed by atoms with Crippen LogP contribution in [0.4, 0.5) is 0 Å². The van der Waals surface area contributed by atoms with Crippen LogP contribution in [0.3, 0.4) is 0 Å². The Hall–Kier alpha value is -2.16. The van der Waals surface area contributed by atoms with Crippen molar-refractivity contribution in [2.75, 3.05) is 7.11 Å². The summed E-state index contributed by atoms with van der Waals surface area (Å²) in [5, 5.41) is 19.3. The van der Waals surface area contributed by atoms with Crippen LogP contribution in [0.1, 0.15) is 0 Å². The third-order valence-electron chi connectivity index (χ3n) is 2.38. The second kappa shape index (κ2) is 4.14. The molecule has 0 aliphatic rings. The van der Waals surface area contributed by atoms with E-state index in [1.54, 1.807) is 36.4 Å². The fourth-order valence-corrected chi connectivity index (χ4v) is 1.59. The molecule has 2 aromatic carbocycles. The number of benzene rings is 2. The molecule has 0 saturated heterocycles. The van der Waals surface area contributed by atoms with E-state index in [0.29, 0.717) is 11.3 Å². The summed E-state index contributed by atoms with van der Waals surface area (Å²) in [6.45, 7) is 0. The monoisotopic (exact) mass is 216 g/mol. The maximum atomic E-state index is 9.93. The van der Waals surface area contributed by atoms with Gasteiger partial charge in [-0.15, -0.1) is 0 Å². The summed E-state index contributed by atoms with van der Waals surface area (Å²) in [6.07, 6.45) is 0. The van der Waals surface area contributed by atoms with Crippen LogP contribution >= 0.6 is 0 Å². The van der Waals surface area contributed by atoms with E-state index in [-0.39, 0.29) is 11.5 Å². The van der Waals surface area contributed by atoms with E-state index in [0.717, 1.165) is 5.56 Å². The number of methoxy groups -OCH3 is 1. The lowest BCUT2D eigenvalue weighted by Crippen LogP contribution is -1.86. The van der Waals surface area contributed by atoms with Crippen LogP contribution in [-0.4, -0.2) is 17.3 Å². The molecule has 0 bridgehead atoms. The number of aromatic hydroxyl groups is 2. The summed E-state index contributed by atoms with van der Waals surface area (Å²) >= 11 is 0. The maximum absolute atomic E-state index is 9.93. The second-order valence-corrected chi connectivity index (χ2v) is 3.41. The molecule has 3 heteroatoms. The van der Waals surface area contributed by atoms with Crippen LogP contribution in [0.25, 0.3) is 11.1 Å². The van der Waals surface area contributed by atoms with Gasteiger partial charge in [-0.1, -0.05) is 24.3 Å². The molecule has 16 heavy (non-hydrogen) atoms. The molecule has 0 radical (unpaired) electrons. The molecule has 0 fully saturated rings. The summed E-state index contributed by atoms with van der Waals surface area (Å²) in [7, 11) is 1.50. The normalized spacial score (nSPS) is 10.1. The SMILES string of the molecule is COc1cccc(-c2cccc(O)c2)c1O. The summed E-state index contributed by atoms with van der Waals surface area (Å²) in [5.74, 6) is 0.663. The molecule has 0 unspecified atom stereocenters.